The van der Waals surface area contributed by atoms with Gasteiger partial charge in [0, 0.05) is 18.8 Å². The number of halogens is 1. The molecule has 2 heterocycles. The zero-order valence-corrected chi connectivity index (χ0v) is 16.7. The van der Waals surface area contributed by atoms with Crippen LogP contribution in [-0.2, 0) is 21.7 Å². The van der Waals surface area contributed by atoms with Crippen LogP contribution in [-0.4, -0.2) is 40.2 Å². The normalized spacial score (nSPS) is 11.9. The minimum absolute atomic E-state index is 0.170. The fraction of sp³-hybridized carbons (Fsp3) is 0.278. The first-order chi connectivity index (χ1) is 12.7. The number of anilines is 1. The highest BCUT2D eigenvalue weighted by Gasteiger charge is 2.19. The Morgan fingerprint density at radius 3 is 2.48 bits per heavy atom. The van der Waals surface area contributed by atoms with Gasteiger partial charge in [0.2, 0.25) is 5.91 Å². The average molecular weight is 407 g/mol. The summed E-state index contributed by atoms with van der Waals surface area (Å²) in [5.74, 6) is -0.145. The number of nitrogens with one attached hydrogen (secondary N) is 1. The number of carbonyl (C=O) groups is 1. The van der Waals surface area contributed by atoms with Crippen molar-refractivity contribution in [3.63, 3.8) is 0 Å². The van der Waals surface area contributed by atoms with Crippen LogP contribution in [0.15, 0.2) is 41.4 Å². The highest BCUT2D eigenvalue weighted by Crippen LogP contribution is 2.28. The van der Waals surface area contributed by atoms with Gasteiger partial charge in [-0.2, -0.15) is 5.10 Å². The first-order valence-corrected chi connectivity index (χ1v) is 10.3. The molecule has 0 atom stereocenters. The summed E-state index contributed by atoms with van der Waals surface area (Å²) in [6.07, 6.45) is 1.68. The zero-order chi connectivity index (χ0) is 19.8. The first kappa shape index (κ1) is 19.3. The zero-order valence-electron chi connectivity index (χ0n) is 15.1. The molecule has 1 aromatic carbocycles. The molecule has 0 fully saturated rings. The van der Waals surface area contributed by atoms with Crippen LogP contribution in [0.4, 0.5) is 5.82 Å². The van der Waals surface area contributed by atoms with Crippen LogP contribution in [0.5, 0.6) is 0 Å². The van der Waals surface area contributed by atoms with Crippen molar-refractivity contribution in [2.45, 2.75) is 24.0 Å². The second-order valence-corrected chi connectivity index (χ2v) is 9.14. The van der Waals surface area contributed by atoms with Crippen molar-refractivity contribution in [3.8, 4) is 11.1 Å². The number of benzene rings is 1. The quantitative estimate of drug-likeness (QED) is 0.657. The van der Waals surface area contributed by atoms with Crippen LogP contribution in [0.25, 0.3) is 22.2 Å². The smallest absolute Gasteiger partial charge is 0.240 e. The number of alkyl halides is 1. The molecule has 1 amide bonds. The van der Waals surface area contributed by atoms with E-state index < -0.39 is 15.1 Å². The standard InChI is InChI=1S/C18H19ClN4O3S/c1-11(2)27(25,26)14-6-4-12(5-7-14)13-8-15-17(21-16(24)9-19)22-23(3)18(15)20-10-13/h4-8,10-11H,9H2,1-3H3,(H,21,22,24). The van der Waals surface area contributed by atoms with Crippen LogP contribution in [0.2, 0.25) is 0 Å². The summed E-state index contributed by atoms with van der Waals surface area (Å²) in [7, 11) is -1.59. The third-order valence-electron chi connectivity index (χ3n) is 4.19. The fourth-order valence-electron chi connectivity index (χ4n) is 2.67. The van der Waals surface area contributed by atoms with E-state index in [1.54, 1.807) is 56.0 Å². The number of aryl methyl sites for hydroxylation is 1. The number of nitrogens with zero attached hydrogens (tertiary/aromatic N) is 3. The summed E-state index contributed by atoms with van der Waals surface area (Å²) in [5.41, 5.74) is 2.21. The Bertz CT molecular complexity index is 1110. The molecule has 0 aliphatic carbocycles. The molecule has 142 valence electrons. The largest absolute Gasteiger partial charge is 0.308 e. The van der Waals surface area contributed by atoms with E-state index in [4.69, 9.17) is 11.6 Å². The van der Waals surface area contributed by atoms with Crippen molar-refractivity contribution in [1.82, 2.24) is 14.8 Å². The highest BCUT2D eigenvalue weighted by molar-refractivity contribution is 7.92. The topological polar surface area (TPSA) is 93.9 Å². The summed E-state index contributed by atoms with van der Waals surface area (Å²) in [6.45, 7) is 3.31. The molecule has 0 unspecified atom stereocenters. The Morgan fingerprint density at radius 1 is 1.22 bits per heavy atom. The molecular weight excluding hydrogens is 388 g/mol. The molecule has 7 nitrogen and oxygen atoms in total. The maximum absolute atomic E-state index is 12.3. The Balaban J connectivity index is 2.02. The van der Waals surface area contributed by atoms with E-state index in [0.29, 0.717) is 16.9 Å². The van der Waals surface area contributed by atoms with Gasteiger partial charge in [-0.05, 0) is 37.6 Å². The van der Waals surface area contributed by atoms with Crippen molar-refractivity contribution >= 4 is 44.2 Å². The minimum atomic E-state index is -3.32. The molecule has 2 aromatic heterocycles. The maximum atomic E-state index is 12.3. The van der Waals surface area contributed by atoms with E-state index in [2.05, 4.69) is 15.4 Å². The minimum Gasteiger partial charge on any atom is -0.308 e. The van der Waals surface area contributed by atoms with Gasteiger partial charge in [-0.25, -0.2) is 18.1 Å². The van der Waals surface area contributed by atoms with Crippen LogP contribution in [0, 0.1) is 0 Å². The summed E-state index contributed by atoms with van der Waals surface area (Å²) in [6, 6.07) is 8.52. The molecule has 0 aliphatic rings. The van der Waals surface area contributed by atoms with Gasteiger partial charge in [-0.1, -0.05) is 12.1 Å². The molecule has 0 aliphatic heterocycles. The third kappa shape index (κ3) is 3.68. The molecule has 1 N–H and O–H groups in total. The van der Waals surface area contributed by atoms with Gasteiger partial charge >= 0.3 is 0 Å². The van der Waals surface area contributed by atoms with Crippen molar-refractivity contribution in [2.24, 2.45) is 7.05 Å². The molecular formula is C18H19ClN4O3S. The lowest BCUT2D eigenvalue weighted by Crippen LogP contribution is -2.13. The number of pyridine rings is 1. The lowest BCUT2D eigenvalue weighted by Gasteiger charge is -2.09. The Morgan fingerprint density at radius 2 is 1.89 bits per heavy atom. The van der Waals surface area contributed by atoms with Crippen LogP contribution in [0.1, 0.15) is 13.8 Å². The molecule has 0 spiro atoms. The molecule has 3 aromatic rings. The number of hydrogen-bond donors (Lipinski definition) is 1. The lowest BCUT2D eigenvalue weighted by atomic mass is 10.1. The Labute approximate surface area is 162 Å². The number of amides is 1. The van der Waals surface area contributed by atoms with Gasteiger partial charge in [0.15, 0.2) is 21.3 Å². The number of fused-ring (bicyclic) bond motifs is 1. The highest BCUT2D eigenvalue weighted by atomic mass is 35.5. The summed E-state index contributed by atoms with van der Waals surface area (Å²) < 4.78 is 26.1. The van der Waals surface area contributed by atoms with E-state index in [9.17, 15) is 13.2 Å². The molecule has 3 rings (SSSR count). The monoisotopic (exact) mass is 406 g/mol. The summed E-state index contributed by atoms with van der Waals surface area (Å²) >= 11 is 5.55. The van der Waals surface area contributed by atoms with Gasteiger partial charge in [-0.3, -0.25) is 4.79 Å². The SMILES string of the molecule is CC(C)S(=O)(=O)c1ccc(-c2cnc3c(c2)c(NC(=O)CCl)nn3C)cc1. The molecule has 0 saturated heterocycles. The number of hydrogen-bond acceptors (Lipinski definition) is 5. The second kappa shape index (κ2) is 7.28. The summed E-state index contributed by atoms with van der Waals surface area (Å²) in [5, 5.41) is 7.11. The average Bonchev–Trinajstić information content (AvgIpc) is 2.96. The Hall–Kier alpha value is -2.45. The molecule has 0 bridgehead atoms. The first-order valence-electron chi connectivity index (χ1n) is 8.27. The summed E-state index contributed by atoms with van der Waals surface area (Å²) in [4.78, 5) is 16.3. The lowest BCUT2D eigenvalue weighted by molar-refractivity contribution is -0.113. The van der Waals surface area contributed by atoms with Gasteiger partial charge in [-0.15, -0.1) is 11.6 Å². The van der Waals surface area contributed by atoms with E-state index >= 15 is 0 Å². The van der Waals surface area contributed by atoms with Gasteiger partial charge in [0.05, 0.1) is 15.5 Å². The fourth-order valence-corrected chi connectivity index (χ4v) is 3.79. The van der Waals surface area contributed by atoms with E-state index in [0.717, 1.165) is 11.1 Å². The molecule has 27 heavy (non-hydrogen) atoms. The van der Waals surface area contributed by atoms with Gasteiger partial charge in [0.25, 0.3) is 0 Å². The molecule has 9 heteroatoms. The van der Waals surface area contributed by atoms with Crippen molar-refractivity contribution in [2.75, 3.05) is 11.2 Å². The second-order valence-electron chi connectivity index (χ2n) is 6.37. The van der Waals surface area contributed by atoms with Crippen molar-refractivity contribution in [3.05, 3.63) is 36.5 Å². The molecule has 0 saturated carbocycles. The van der Waals surface area contributed by atoms with E-state index in [-0.39, 0.29) is 16.7 Å². The van der Waals surface area contributed by atoms with Crippen LogP contribution < -0.4 is 5.32 Å². The number of sulfone groups is 1. The Kier molecular flexibility index (Phi) is 5.21. The predicted octanol–water partition coefficient (Wildman–Crippen LogP) is 2.99. The number of rotatable bonds is 5. The predicted molar refractivity (Wildman–Crippen MR) is 106 cm³/mol. The third-order valence-corrected chi connectivity index (χ3v) is 6.61. The van der Waals surface area contributed by atoms with Gasteiger partial charge in [0.1, 0.15) is 5.88 Å². The van der Waals surface area contributed by atoms with Crippen molar-refractivity contribution in [1.29, 1.82) is 0 Å². The van der Waals surface area contributed by atoms with Crippen LogP contribution in [0.3, 0.4) is 0 Å². The number of carbonyl (C=O) groups excluding carboxylic acids is 1. The van der Waals surface area contributed by atoms with Crippen molar-refractivity contribution < 1.29 is 13.2 Å². The maximum Gasteiger partial charge on any atom is 0.240 e. The van der Waals surface area contributed by atoms with Gasteiger partial charge < -0.3 is 5.32 Å². The van der Waals surface area contributed by atoms with E-state index in [1.165, 1.54) is 0 Å². The molecule has 0 radical (unpaired) electrons. The number of aromatic nitrogens is 3. The van der Waals surface area contributed by atoms with Crippen LogP contribution >= 0.6 is 11.6 Å². The van der Waals surface area contributed by atoms with E-state index in [1.807, 2.05) is 6.07 Å².